The first-order valence-corrected chi connectivity index (χ1v) is 10.7. The Morgan fingerprint density at radius 3 is 2.65 bits per heavy atom. The molecule has 4 rings (SSSR count). The van der Waals surface area contributed by atoms with E-state index in [0.29, 0.717) is 12.8 Å². The van der Waals surface area contributed by atoms with Crippen LogP contribution in [0.1, 0.15) is 52.9 Å². The van der Waals surface area contributed by atoms with Gasteiger partial charge in [0.1, 0.15) is 5.56 Å². The van der Waals surface area contributed by atoms with Crippen molar-refractivity contribution in [3.8, 4) is 5.69 Å². The summed E-state index contributed by atoms with van der Waals surface area (Å²) in [6.45, 7) is 1.89. The van der Waals surface area contributed by atoms with Gasteiger partial charge in [-0.3, -0.25) is 9.59 Å². The third-order valence-electron chi connectivity index (χ3n) is 6.21. The van der Waals surface area contributed by atoms with Crippen LogP contribution in [0, 0.1) is 6.92 Å². The summed E-state index contributed by atoms with van der Waals surface area (Å²) in [4.78, 5) is 25.6. The second kappa shape index (κ2) is 8.89. The Hall–Kier alpha value is -3.19. The van der Waals surface area contributed by atoms with Gasteiger partial charge >= 0.3 is 0 Å². The van der Waals surface area contributed by atoms with E-state index in [1.165, 1.54) is 4.57 Å². The van der Waals surface area contributed by atoms with Crippen molar-refractivity contribution in [3.63, 3.8) is 0 Å². The van der Waals surface area contributed by atoms with Gasteiger partial charge in [-0.25, -0.2) is 4.68 Å². The third-order valence-corrected chi connectivity index (χ3v) is 6.21. The Kier molecular flexibility index (Phi) is 6.04. The molecule has 0 bridgehead atoms. The zero-order valence-electron chi connectivity index (χ0n) is 17.9. The molecule has 2 N–H and O–H groups in total. The molecule has 1 aromatic carbocycles. The van der Waals surface area contributed by atoms with Gasteiger partial charge in [-0.1, -0.05) is 25.0 Å². The molecule has 0 saturated heterocycles. The van der Waals surface area contributed by atoms with E-state index >= 15 is 0 Å². The first-order valence-electron chi connectivity index (χ1n) is 10.7. The topological polar surface area (TPSA) is 89.2 Å². The molecule has 0 radical (unpaired) electrons. The summed E-state index contributed by atoms with van der Waals surface area (Å²) < 4.78 is 3.32. The van der Waals surface area contributed by atoms with Crippen LogP contribution < -0.4 is 10.9 Å². The SMILES string of the molecule is Cc1c(Cc2ccc(-n3cccn3)cc2)cc(C(=O)N[C@H]2CCCC[C@@H]2O)c(=O)n1C. The third kappa shape index (κ3) is 4.46. The first kappa shape index (κ1) is 21.1. The number of aromatic nitrogens is 3. The lowest BCUT2D eigenvalue weighted by Crippen LogP contribution is -2.46. The molecule has 0 aliphatic heterocycles. The predicted octanol–water partition coefficient (Wildman–Crippen LogP) is 2.50. The molecule has 7 heteroatoms. The second-order valence-electron chi connectivity index (χ2n) is 8.26. The highest BCUT2D eigenvalue weighted by Gasteiger charge is 2.26. The van der Waals surface area contributed by atoms with E-state index in [-0.39, 0.29) is 17.2 Å². The molecule has 7 nitrogen and oxygen atoms in total. The van der Waals surface area contributed by atoms with Crippen molar-refractivity contribution in [1.29, 1.82) is 0 Å². The highest BCUT2D eigenvalue weighted by molar-refractivity contribution is 5.94. The van der Waals surface area contributed by atoms with Crippen molar-refractivity contribution in [2.75, 3.05) is 0 Å². The molecule has 2 atom stereocenters. The number of rotatable bonds is 5. The number of carbonyl (C=O) groups excluding carboxylic acids is 1. The van der Waals surface area contributed by atoms with Crippen LogP contribution in [0.5, 0.6) is 0 Å². The van der Waals surface area contributed by atoms with E-state index in [4.69, 9.17) is 0 Å². The Labute approximate surface area is 181 Å². The summed E-state index contributed by atoms with van der Waals surface area (Å²) in [5.74, 6) is -0.415. The van der Waals surface area contributed by atoms with Gasteiger partial charge in [-0.05, 0) is 61.6 Å². The number of nitrogens with one attached hydrogen (secondary N) is 1. The normalized spacial score (nSPS) is 18.7. The first-order chi connectivity index (χ1) is 14.9. The van der Waals surface area contributed by atoms with Crippen molar-refractivity contribution in [3.05, 3.63) is 81.5 Å². The number of carbonyl (C=O) groups is 1. The maximum absolute atomic E-state index is 12.9. The fourth-order valence-electron chi connectivity index (χ4n) is 4.16. The number of nitrogens with zero attached hydrogens (tertiary/aromatic N) is 3. The lowest BCUT2D eigenvalue weighted by Gasteiger charge is -2.28. The molecule has 162 valence electrons. The molecule has 1 fully saturated rings. The average Bonchev–Trinajstić information content (AvgIpc) is 3.31. The van der Waals surface area contributed by atoms with Gasteiger partial charge in [-0.2, -0.15) is 5.10 Å². The largest absolute Gasteiger partial charge is 0.391 e. The molecule has 2 heterocycles. The van der Waals surface area contributed by atoms with Gasteiger partial charge in [0.05, 0.1) is 17.8 Å². The van der Waals surface area contributed by atoms with E-state index < -0.39 is 12.0 Å². The van der Waals surface area contributed by atoms with E-state index in [1.807, 2.05) is 43.5 Å². The Balaban J connectivity index is 1.57. The van der Waals surface area contributed by atoms with Gasteiger partial charge in [0.15, 0.2) is 0 Å². The van der Waals surface area contributed by atoms with Crippen molar-refractivity contribution in [2.45, 2.75) is 51.2 Å². The minimum atomic E-state index is -0.556. The number of amides is 1. The molecular formula is C24H28N4O3. The maximum Gasteiger partial charge on any atom is 0.263 e. The van der Waals surface area contributed by atoms with E-state index in [2.05, 4.69) is 10.4 Å². The molecule has 0 spiro atoms. The summed E-state index contributed by atoms with van der Waals surface area (Å²) in [7, 11) is 1.69. The second-order valence-corrected chi connectivity index (χ2v) is 8.26. The minimum Gasteiger partial charge on any atom is -0.391 e. The number of pyridine rings is 1. The van der Waals surface area contributed by atoms with Crippen LogP contribution in [-0.4, -0.2) is 37.5 Å². The van der Waals surface area contributed by atoms with Crippen LogP contribution in [0.2, 0.25) is 0 Å². The summed E-state index contributed by atoms with van der Waals surface area (Å²) in [5.41, 5.74) is 3.59. The average molecular weight is 421 g/mol. The molecule has 1 amide bonds. The molecule has 1 saturated carbocycles. The van der Waals surface area contributed by atoms with Crippen LogP contribution >= 0.6 is 0 Å². The van der Waals surface area contributed by atoms with Crippen molar-refractivity contribution in [2.24, 2.45) is 7.05 Å². The van der Waals surface area contributed by atoms with Gasteiger partial charge in [0, 0.05) is 25.1 Å². The van der Waals surface area contributed by atoms with Gasteiger partial charge in [0.25, 0.3) is 11.5 Å². The number of hydrogen-bond acceptors (Lipinski definition) is 4. The summed E-state index contributed by atoms with van der Waals surface area (Å²) in [5, 5.41) is 17.3. The van der Waals surface area contributed by atoms with Gasteiger partial charge in [0.2, 0.25) is 0 Å². The smallest absolute Gasteiger partial charge is 0.263 e. The summed E-state index contributed by atoms with van der Waals surface area (Å²) >= 11 is 0. The minimum absolute atomic E-state index is 0.119. The quantitative estimate of drug-likeness (QED) is 0.664. The van der Waals surface area contributed by atoms with Crippen LogP contribution in [0.25, 0.3) is 5.69 Å². The fourth-order valence-corrected chi connectivity index (χ4v) is 4.16. The number of aliphatic hydroxyl groups excluding tert-OH is 1. The van der Waals surface area contributed by atoms with Crippen LogP contribution in [0.15, 0.2) is 53.6 Å². The van der Waals surface area contributed by atoms with Crippen LogP contribution in [-0.2, 0) is 13.5 Å². The van der Waals surface area contributed by atoms with Crippen molar-refractivity contribution < 1.29 is 9.90 Å². The number of benzene rings is 1. The Bertz CT molecular complexity index is 1120. The molecular weight excluding hydrogens is 392 g/mol. The molecule has 1 aliphatic carbocycles. The lowest BCUT2D eigenvalue weighted by molar-refractivity contribution is 0.0715. The van der Waals surface area contributed by atoms with E-state index in [9.17, 15) is 14.7 Å². The van der Waals surface area contributed by atoms with E-state index in [0.717, 1.165) is 41.8 Å². The number of hydrogen-bond donors (Lipinski definition) is 2. The fraction of sp³-hybridized carbons (Fsp3) is 0.375. The molecule has 0 unspecified atom stereocenters. The van der Waals surface area contributed by atoms with Gasteiger partial charge in [-0.15, -0.1) is 0 Å². The van der Waals surface area contributed by atoms with Crippen molar-refractivity contribution in [1.82, 2.24) is 19.7 Å². The van der Waals surface area contributed by atoms with Crippen molar-refractivity contribution >= 4 is 5.91 Å². The highest BCUT2D eigenvalue weighted by atomic mass is 16.3. The molecule has 31 heavy (non-hydrogen) atoms. The van der Waals surface area contributed by atoms with Crippen LogP contribution in [0.4, 0.5) is 0 Å². The van der Waals surface area contributed by atoms with Gasteiger partial charge < -0.3 is 15.0 Å². The standard InChI is InChI=1S/C24H28N4O3/c1-16-18(14-17-8-10-19(11-9-17)28-13-5-12-25-28)15-20(24(31)27(16)2)23(30)26-21-6-3-4-7-22(21)29/h5,8-13,15,21-22,29H,3-4,6-7,14H2,1-2H3,(H,26,30)/t21-,22-/m0/s1. The zero-order chi connectivity index (χ0) is 22.0. The summed E-state index contributed by atoms with van der Waals surface area (Å²) in [6, 6.07) is 11.3. The molecule has 3 aromatic rings. The zero-order valence-corrected chi connectivity index (χ0v) is 17.9. The number of aliphatic hydroxyl groups is 1. The Morgan fingerprint density at radius 2 is 1.97 bits per heavy atom. The lowest BCUT2D eigenvalue weighted by atomic mass is 9.92. The summed E-state index contributed by atoms with van der Waals surface area (Å²) in [6.07, 6.45) is 7.01. The highest BCUT2D eigenvalue weighted by Crippen LogP contribution is 2.19. The van der Waals surface area contributed by atoms with Crippen LogP contribution in [0.3, 0.4) is 0 Å². The molecule has 1 aliphatic rings. The molecule has 2 aromatic heterocycles. The maximum atomic E-state index is 12.9. The Morgan fingerprint density at radius 1 is 1.23 bits per heavy atom. The predicted molar refractivity (Wildman–Crippen MR) is 119 cm³/mol. The monoisotopic (exact) mass is 420 g/mol. The van der Waals surface area contributed by atoms with E-state index in [1.54, 1.807) is 24.0 Å².